The SMILES string of the molecule is C[C@@H]1CN(C(=O)c2c(F)ccc([N+](=O)[O-])c2F)C[C@H](C)O1. The average Bonchev–Trinajstić information content (AvgIpc) is 2.36. The number of benzene rings is 1. The largest absolute Gasteiger partial charge is 0.372 e. The predicted molar refractivity (Wildman–Crippen MR) is 68.9 cm³/mol. The molecule has 0 saturated carbocycles. The van der Waals surface area contributed by atoms with Gasteiger partial charge >= 0.3 is 5.69 Å². The second-order valence-electron chi connectivity index (χ2n) is 4.98. The number of nitro benzene ring substituents is 1. The van der Waals surface area contributed by atoms with Gasteiger partial charge in [0.2, 0.25) is 5.82 Å². The zero-order valence-corrected chi connectivity index (χ0v) is 11.5. The number of morpholine rings is 1. The van der Waals surface area contributed by atoms with Gasteiger partial charge in [-0.05, 0) is 19.9 Å². The summed E-state index contributed by atoms with van der Waals surface area (Å²) in [7, 11) is 0. The number of ether oxygens (including phenoxy) is 1. The number of carbonyl (C=O) groups is 1. The zero-order valence-electron chi connectivity index (χ0n) is 11.5. The summed E-state index contributed by atoms with van der Waals surface area (Å²) in [4.78, 5) is 23.2. The summed E-state index contributed by atoms with van der Waals surface area (Å²) < 4.78 is 33.2. The molecule has 0 spiro atoms. The molecule has 0 unspecified atom stereocenters. The summed E-state index contributed by atoms with van der Waals surface area (Å²) in [6.07, 6.45) is -0.551. The number of rotatable bonds is 2. The molecule has 1 amide bonds. The molecule has 1 saturated heterocycles. The number of halogens is 2. The summed E-state index contributed by atoms with van der Waals surface area (Å²) in [6.45, 7) is 3.81. The van der Waals surface area contributed by atoms with E-state index in [0.29, 0.717) is 6.07 Å². The number of nitrogens with zero attached hydrogens (tertiary/aromatic N) is 2. The first-order valence-electron chi connectivity index (χ1n) is 6.38. The average molecular weight is 300 g/mol. The van der Waals surface area contributed by atoms with Crippen LogP contribution in [0.1, 0.15) is 24.2 Å². The third-order valence-electron chi connectivity index (χ3n) is 3.19. The van der Waals surface area contributed by atoms with Crippen LogP contribution in [0.2, 0.25) is 0 Å². The van der Waals surface area contributed by atoms with Crippen molar-refractivity contribution in [1.29, 1.82) is 0 Å². The van der Waals surface area contributed by atoms with Crippen molar-refractivity contribution in [3.8, 4) is 0 Å². The maximum Gasteiger partial charge on any atom is 0.305 e. The Morgan fingerprint density at radius 3 is 2.43 bits per heavy atom. The van der Waals surface area contributed by atoms with Gasteiger partial charge in [-0.3, -0.25) is 14.9 Å². The molecule has 1 aliphatic rings. The fraction of sp³-hybridized carbons (Fsp3) is 0.462. The van der Waals surface area contributed by atoms with E-state index in [1.165, 1.54) is 4.90 Å². The van der Waals surface area contributed by atoms with Gasteiger partial charge in [0.1, 0.15) is 11.4 Å². The van der Waals surface area contributed by atoms with Crippen LogP contribution in [-0.2, 0) is 4.74 Å². The van der Waals surface area contributed by atoms with Crippen molar-refractivity contribution in [2.75, 3.05) is 13.1 Å². The second-order valence-corrected chi connectivity index (χ2v) is 4.98. The molecule has 2 atom stereocenters. The van der Waals surface area contributed by atoms with Gasteiger partial charge in [0.05, 0.1) is 17.1 Å². The van der Waals surface area contributed by atoms with Crippen LogP contribution in [0.15, 0.2) is 12.1 Å². The Bertz CT molecular complexity index is 584. The van der Waals surface area contributed by atoms with Crippen LogP contribution in [0.4, 0.5) is 14.5 Å². The standard InChI is InChI=1S/C13H14F2N2O4/c1-7-5-16(6-8(2)21-7)13(18)11-9(14)3-4-10(12(11)15)17(19)20/h3-4,7-8H,5-6H2,1-2H3/t7-,8+. The lowest BCUT2D eigenvalue weighted by Gasteiger charge is -2.35. The lowest BCUT2D eigenvalue weighted by molar-refractivity contribution is -0.387. The summed E-state index contributed by atoms with van der Waals surface area (Å²) in [5, 5.41) is 10.7. The molecule has 1 aromatic carbocycles. The molecule has 0 bridgehead atoms. The highest BCUT2D eigenvalue weighted by Gasteiger charge is 2.32. The van der Waals surface area contributed by atoms with Crippen LogP contribution in [0.5, 0.6) is 0 Å². The summed E-state index contributed by atoms with van der Waals surface area (Å²) >= 11 is 0. The number of hydrogen-bond donors (Lipinski definition) is 0. The Morgan fingerprint density at radius 2 is 1.90 bits per heavy atom. The van der Waals surface area contributed by atoms with Crippen molar-refractivity contribution < 1.29 is 23.2 Å². The van der Waals surface area contributed by atoms with Crippen molar-refractivity contribution in [1.82, 2.24) is 4.90 Å². The number of carbonyl (C=O) groups excluding carboxylic acids is 1. The van der Waals surface area contributed by atoms with Gasteiger partial charge in [-0.25, -0.2) is 4.39 Å². The third kappa shape index (κ3) is 2.99. The fourth-order valence-corrected chi connectivity index (χ4v) is 2.38. The van der Waals surface area contributed by atoms with Crippen molar-refractivity contribution in [3.63, 3.8) is 0 Å². The molecule has 1 aliphatic heterocycles. The Hall–Kier alpha value is -2.09. The molecular formula is C13H14F2N2O4. The zero-order chi connectivity index (χ0) is 15.7. The van der Waals surface area contributed by atoms with Gasteiger partial charge in [-0.1, -0.05) is 0 Å². The van der Waals surface area contributed by atoms with Gasteiger partial charge in [-0.15, -0.1) is 0 Å². The van der Waals surface area contributed by atoms with Crippen molar-refractivity contribution in [2.45, 2.75) is 26.1 Å². The minimum atomic E-state index is -1.45. The minimum Gasteiger partial charge on any atom is -0.372 e. The molecule has 21 heavy (non-hydrogen) atoms. The van der Waals surface area contributed by atoms with Crippen molar-refractivity contribution >= 4 is 11.6 Å². The monoisotopic (exact) mass is 300 g/mol. The Labute approximate surface area is 119 Å². The first kappa shape index (κ1) is 15.3. The van der Waals surface area contributed by atoms with Crippen LogP contribution in [-0.4, -0.2) is 41.0 Å². The Kier molecular flexibility index (Phi) is 4.17. The molecule has 0 radical (unpaired) electrons. The molecule has 1 heterocycles. The van der Waals surface area contributed by atoms with Crippen LogP contribution in [0.25, 0.3) is 0 Å². The molecule has 8 heteroatoms. The van der Waals surface area contributed by atoms with Gasteiger partial charge in [0, 0.05) is 19.2 Å². The van der Waals surface area contributed by atoms with Gasteiger partial charge < -0.3 is 9.64 Å². The highest BCUT2D eigenvalue weighted by atomic mass is 19.1. The predicted octanol–water partition coefficient (Wildman–Crippen LogP) is 2.12. The number of nitro groups is 1. The van der Waals surface area contributed by atoms with E-state index in [1.54, 1.807) is 13.8 Å². The van der Waals surface area contributed by atoms with Gasteiger partial charge in [0.15, 0.2) is 0 Å². The van der Waals surface area contributed by atoms with E-state index in [9.17, 15) is 23.7 Å². The summed E-state index contributed by atoms with van der Waals surface area (Å²) in [5.41, 5.74) is -1.82. The maximum absolute atomic E-state index is 14.0. The normalized spacial score (nSPS) is 22.2. The van der Waals surface area contributed by atoms with Crippen LogP contribution >= 0.6 is 0 Å². The number of amides is 1. The molecule has 2 rings (SSSR count). The van der Waals surface area contributed by atoms with Gasteiger partial charge in [-0.2, -0.15) is 4.39 Å². The van der Waals surface area contributed by atoms with E-state index in [-0.39, 0.29) is 25.3 Å². The topological polar surface area (TPSA) is 72.7 Å². The fourth-order valence-electron chi connectivity index (χ4n) is 2.38. The Morgan fingerprint density at radius 1 is 1.33 bits per heavy atom. The lowest BCUT2D eigenvalue weighted by atomic mass is 10.1. The Balaban J connectivity index is 2.39. The van der Waals surface area contributed by atoms with E-state index in [0.717, 1.165) is 6.07 Å². The van der Waals surface area contributed by atoms with Crippen molar-refractivity contribution in [2.24, 2.45) is 0 Å². The molecule has 1 aromatic rings. The van der Waals surface area contributed by atoms with E-state index in [1.807, 2.05) is 0 Å². The van der Waals surface area contributed by atoms with Crippen LogP contribution in [0, 0.1) is 21.7 Å². The molecule has 0 aliphatic carbocycles. The molecule has 1 fully saturated rings. The molecular weight excluding hydrogens is 286 g/mol. The van der Waals surface area contributed by atoms with E-state index < -0.39 is 33.7 Å². The smallest absolute Gasteiger partial charge is 0.305 e. The molecule has 114 valence electrons. The van der Waals surface area contributed by atoms with Crippen LogP contribution in [0.3, 0.4) is 0 Å². The highest BCUT2D eigenvalue weighted by molar-refractivity contribution is 5.95. The molecule has 6 nitrogen and oxygen atoms in total. The highest BCUT2D eigenvalue weighted by Crippen LogP contribution is 2.25. The lowest BCUT2D eigenvalue weighted by Crippen LogP contribution is -2.48. The maximum atomic E-state index is 14.0. The minimum absolute atomic E-state index is 0.171. The first-order chi connectivity index (χ1) is 9.81. The van der Waals surface area contributed by atoms with E-state index in [4.69, 9.17) is 4.74 Å². The summed E-state index contributed by atoms with van der Waals surface area (Å²) in [5.74, 6) is -3.47. The van der Waals surface area contributed by atoms with Gasteiger partial charge in [0.25, 0.3) is 5.91 Å². The molecule has 0 N–H and O–H groups in total. The molecule has 0 aromatic heterocycles. The van der Waals surface area contributed by atoms with Crippen molar-refractivity contribution in [3.05, 3.63) is 39.4 Å². The first-order valence-corrected chi connectivity index (χ1v) is 6.38. The summed E-state index contributed by atoms with van der Waals surface area (Å²) in [6, 6.07) is 1.42. The second kappa shape index (κ2) is 5.72. The third-order valence-corrected chi connectivity index (χ3v) is 3.19. The number of hydrogen-bond acceptors (Lipinski definition) is 4. The van der Waals surface area contributed by atoms with E-state index in [2.05, 4.69) is 0 Å². The van der Waals surface area contributed by atoms with E-state index >= 15 is 0 Å². The quantitative estimate of drug-likeness (QED) is 0.619. The van der Waals surface area contributed by atoms with Crippen LogP contribution < -0.4 is 0 Å².